The van der Waals surface area contributed by atoms with Gasteiger partial charge in [0.2, 0.25) is 0 Å². The van der Waals surface area contributed by atoms with Crippen LogP contribution in [0.25, 0.3) is 0 Å². The maximum Gasteiger partial charge on any atom is 0.155 e. The highest BCUT2D eigenvalue weighted by atomic mass is 15.4. The van der Waals surface area contributed by atoms with Crippen molar-refractivity contribution in [2.45, 2.75) is 46.1 Å². The molecule has 14 heavy (non-hydrogen) atoms. The molecule has 0 saturated heterocycles. The molecular weight excluding hydrogens is 176 g/mol. The van der Waals surface area contributed by atoms with E-state index in [0.29, 0.717) is 12.1 Å². The van der Waals surface area contributed by atoms with Crippen molar-refractivity contribution in [1.29, 1.82) is 0 Å². The molecule has 0 atom stereocenters. The Morgan fingerprint density at radius 3 is 2.00 bits per heavy atom. The van der Waals surface area contributed by atoms with Gasteiger partial charge in [-0.05, 0) is 33.8 Å². The SMILES string of the molecule is CC(C)NC(NC(C)C)n1cccn1. The monoisotopic (exact) mass is 196 g/mol. The number of nitrogens with one attached hydrogen (secondary N) is 2. The van der Waals surface area contributed by atoms with Crippen molar-refractivity contribution >= 4 is 0 Å². The van der Waals surface area contributed by atoms with Gasteiger partial charge in [-0.2, -0.15) is 5.10 Å². The van der Waals surface area contributed by atoms with Crippen LogP contribution in [-0.2, 0) is 0 Å². The van der Waals surface area contributed by atoms with Crippen LogP contribution in [-0.4, -0.2) is 21.9 Å². The molecule has 0 spiro atoms. The lowest BCUT2D eigenvalue weighted by Gasteiger charge is -2.24. The molecule has 1 aromatic rings. The Labute approximate surface area is 85.7 Å². The van der Waals surface area contributed by atoms with Crippen LogP contribution in [0.4, 0.5) is 0 Å². The highest BCUT2D eigenvalue weighted by Gasteiger charge is 2.11. The molecule has 1 heterocycles. The highest BCUT2D eigenvalue weighted by molar-refractivity contribution is 4.81. The summed E-state index contributed by atoms with van der Waals surface area (Å²) in [6, 6.07) is 2.78. The lowest BCUT2D eigenvalue weighted by atomic mass is 10.3. The molecule has 0 bridgehead atoms. The van der Waals surface area contributed by atoms with Gasteiger partial charge >= 0.3 is 0 Å². The van der Waals surface area contributed by atoms with Crippen molar-refractivity contribution in [3.8, 4) is 0 Å². The van der Waals surface area contributed by atoms with Crippen molar-refractivity contribution in [3.63, 3.8) is 0 Å². The fraction of sp³-hybridized carbons (Fsp3) is 0.700. The lowest BCUT2D eigenvalue weighted by molar-refractivity contribution is 0.264. The van der Waals surface area contributed by atoms with E-state index in [4.69, 9.17) is 0 Å². The van der Waals surface area contributed by atoms with Crippen LogP contribution >= 0.6 is 0 Å². The van der Waals surface area contributed by atoms with Crippen molar-refractivity contribution < 1.29 is 0 Å². The van der Waals surface area contributed by atoms with Crippen LogP contribution in [0.3, 0.4) is 0 Å². The zero-order chi connectivity index (χ0) is 10.6. The van der Waals surface area contributed by atoms with Gasteiger partial charge in [0.1, 0.15) is 0 Å². The Kier molecular flexibility index (Phi) is 4.10. The molecule has 2 N–H and O–H groups in total. The minimum atomic E-state index is 0.0741. The fourth-order valence-corrected chi connectivity index (χ4v) is 1.27. The van der Waals surface area contributed by atoms with Gasteiger partial charge in [0.25, 0.3) is 0 Å². The van der Waals surface area contributed by atoms with E-state index in [1.807, 2.05) is 16.9 Å². The van der Waals surface area contributed by atoms with E-state index < -0.39 is 0 Å². The second kappa shape index (κ2) is 5.12. The Morgan fingerprint density at radius 1 is 1.07 bits per heavy atom. The molecule has 0 amide bonds. The molecule has 0 aliphatic carbocycles. The predicted octanol–water partition coefficient (Wildman–Crippen LogP) is 1.34. The summed E-state index contributed by atoms with van der Waals surface area (Å²) in [5.74, 6) is 0. The molecule has 0 radical (unpaired) electrons. The second-order valence-electron chi connectivity index (χ2n) is 4.03. The molecule has 0 aliphatic rings. The summed E-state index contributed by atoms with van der Waals surface area (Å²) in [4.78, 5) is 0. The van der Waals surface area contributed by atoms with Crippen LogP contribution in [0, 0.1) is 0 Å². The molecule has 4 heteroatoms. The smallest absolute Gasteiger partial charge is 0.155 e. The predicted molar refractivity (Wildman–Crippen MR) is 57.8 cm³/mol. The van der Waals surface area contributed by atoms with E-state index in [9.17, 15) is 0 Å². The minimum absolute atomic E-state index is 0.0741. The topological polar surface area (TPSA) is 41.9 Å². The summed E-state index contributed by atoms with van der Waals surface area (Å²) in [6.45, 7) is 8.49. The van der Waals surface area contributed by atoms with Gasteiger partial charge in [0, 0.05) is 24.5 Å². The standard InChI is InChI=1S/C10H20N4/c1-8(2)12-10(13-9(3)4)14-7-5-6-11-14/h5-10,12-13H,1-4H3. The molecule has 80 valence electrons. The van der Waals surface area contributed by atoms with E-state index in [0.717, 1.165) is 0 Å². The maximum absolute atomic E-state index is 4.21. The summed E-state index contributed by atoms with van der Waals surface area (Å²) in [5.41, 5.74) is 0. The molecule has 0 saturated carbocycles. The van der Waals surface area contributed by atoms with Gasteiger partial charge in [-0.3, -0.25) is 10.6 Å². The molecule has 0 unspecified atom stereocenters. The number of nitrogens with zero attached hydrogens (tertiary/aromatic N) is 2. The average Bonchev–Trinajstić information content (AvgIpc) is 2.52. The molecule has 0 aliphatic heterocycles. The maximum atomic E-state index is 4.21. The first-order valence-corrected chi connectivity index (χ1v) is 5.11. The van der Waals surface area contributed by atoms with Crippen molar-refractivity contribution in [1.82, 2.24) is 20.4 Å². The van der Waals surface area contributed by atoms with E-state index in [-0.39, 0.29) is 6.29 Å². The third kappa shape index (κ3) is 3.47. The van der Waals surface area contributed by atoms with Gasteiger partial charge in [0.15, 0.2) is 6.29 Å². The zero-order valence-corrected chi connectivity index (χ0v) is 9.36. The van der Waals surface area contributed by atoms with Crippen LogP contribution in [0.2, 0.25) is 0 Å². The molecular formula is C10H20N4. The first-order chi connectivity index (χ1) is 6.59. The van der Waals surface area contributed by atoms with Crippen molar-refractivity contribution in [2.24, 2.45) is 0 Å². The summed E-state index contributed by atoms with van der Waals surface area (Å²) >= 11 is 0. The van der Waals surface area contributed by atoms with E-state index >= 15 is 0 Å². The Bertz CT molecular complexity index is 231. The summed E-state index contributed by atoms with van der Waals surface area (Å²) in [7, 11) is 0. The lowest BCUT2D eigenvalue weighted by Crippen LogP contribution is -2.44. The minimum Gasteiger partial charge on any atom is -0.281 e. The zero-order valence-electron chi connectivity index (χ0n) is 9.36. The van der Waals surface area contributed by atoms with Gasteiger partial charge in [-0.1, -0.05) is 0 Å². The van der Waals surface area contributed by atoms with Crippen LogP contribution in [0.15, 0.2) is 18.5 Å². The third-order valence-corrected chi connectivity index (χ3v) is 1.77. The normalized spacial score (nSPS) is 11.9. The second-order valence-corrected chi connectivity index (χ2v) is 4.03. The quantitative estimate of drug-likeness (QED) is 0.698. The Morgan fingerprint density at radius 2 is 1.64 bits per heavy atom. The van der Waals surface area contributed by atoms with Crippen LogP contribution in [0.5, 0.6) is 0 Å². The third-order valence-electron chi connectivity index (χ3n) is 1.77. The van der Waals surface area contributed by atoms with Gasteiger partial charge in [-0.15, -0.1) is 0 Å². The summed E-state index contributed by atoms with van der Waals surface area (Å²) in [5, 5.41) is 11.0. The number of hydrogen-bond acceptors (Lipinski definition) is 3. The van der Waals surface area contributed by atoms with E-state index in [1.165, 1.54) is 0 Å². The Balaban J connectivity index is 2.62. The van der Waals surface area contributed by atoms with E-state index in [2.05, 4.69) is 43.4 Å². The number of hydrogen-bond donors (Lipinski definition) is 2. The fourth-order valence-electron chi connectivity index (χ4n) is 1.27. The van der Waals surface area contributed by atoms with Crippen molar-refractivity contribution in [3.05, 3.63) is 18.5 Å². The van der Waals surface area contributed by atoms with Crippen LogP contribution in [0.1, 0.15) is 34.0 Å². The number of rotatable bonds is 5. The molecule has 1 aromatic heterocycles. The molecule has 4 nitrogen and oxygen atoms in total. The van der Waals surface area contributed by atoms with Crippen LogP contribution < -0.4 is 10.6 Å². The molecule has 1 rings (SSSR count). The highest BCUT2D eigenvalue weighted by Crippen LogP contribution is 1.99. The first-order valence-electron chi connectivity index (χ1n) is 5.11. The van der Waals surface area contributed by atoms with E-state index in [1.54, 1.807) is 6.20 Å². The molecule has 0 fully saturated rings. The van der Waals surface area contributed by atoms with Gasteiger partial charge in [0.05, 0.1) is 0 Å². The number of aromatic nitrogens is 2. The molecule has 0 aromatic carbocycles. The average molecular weight is 196 g/mol. The van der Waals surface area contributed by atoms with Gasteiger partial charge in [-0.25, -0.2) is 4.68 Å². The van der Waals surface area contributed by atoms with Crippen molar-refractivity contribution in [2.75, 3.05) is 0 Å². The largest absolute Gasteiger partial charge is 0.281 e. The Hall–Kier alpha value is -0.870. The summed E-state index contributed by atoms with van der Waals surface area (Å²) in [6.07, 6.45) is 3.82. The first kappa shape index (κ1) is 11.2. The summed E-state index contributed by atoms with van der Waals surface area (Å²) < 4.78 is 1.89. The van der Waals surface area contributed by atoms with Gasteiger partial charge < -0.3 is 0 Å².